The molecule has 1 aliphatic rings. The molecule has 1 saturated carbocycles. The first-order chi connectivity index (χ1) is 9.51. The number of ether oxygens (including phenoxy) is 1. The highest BCUT2D eigenvalue weighted by atomic mass is 79.9. The van der Waals surface area contributed by atoms with Crippen molar-refractivity contribution in [3.63, 3.8) is 0 Å². The Labute approximate surface area is 129 Å². The summed E-state index contributed by atoms with van der Waals surface area (Å²) >= 11 is 3.52. The summed E-state index contributed by atoms with van der Waals surface area (Å²) in [5, 5.41) is 0.838. The standard InChI is InChI=1S/C14H20BrNO3S/c1-19-12-4-6-13(7-5-12)20(17,18)16-11-14(10-15)8-2-3-9-14/h4-7,16H,2-3,8-11H2,1H3. The monoisotopic (exact) mass is 361 g/mol. The number of methoxy groups -OCH3 is 1. The number of benzene rings is 1. The van der Waals surface area contributed by atoms with Crippen molar-refractivity contribution < 1.29 is 13.2 Å². The second kappa shape index (κ2) is 6.45. The van der Waals surface area contributed by atoms with Gasteiger partial charge in [0.15, 0.2) is 0 Å². The van der Waals surface area contributed by atoms with Crippen LogP contribution in [-0.4, -0.2) is 27.4 Å². The van der Waals surface area contributed by atoms with Crippen molar-refractivity contribution in [1.29, 1.82) is 0 Å². The van der Waals surface area contributed by atoms with Crippen LogP contribution in [0.5, 0.6) is 5.75 Å². The van der Waals surface area contributed by atoms with Crippen LogP contribution in [0.2, 0.25) is 0 Å². The summed E-state index contributed by atoms with van der Waals surface area (Å²) in [4.78, 5) is 0.279. The summed E-state index contributed by atoms with van der Waals surface area (Å²) in [6.45, 7) is 0.493. The molecule has 2 rings (SSSR count). The fourth-order valence-corrected chi connectivity index (χ4v) is 4.49. The molecule has 0 radical (unpaired) electrons. The van der Waals surface area contributed by atoms with Gasteiger partial charge in [0.25, 0.3) is 0 Å². The molecule has 0 aliphatic heterocycles. The third kappa shape index (κ3) is 3.54. The second-order valence-electron chi connectivity index (χ2n) is 5.34. The van der Waals surface area contributed by atoms with Crippen LogP contribution < -0.4 is 9.46 Å². The fourth-order valence-electron chi connectivity index (χ4n) is 2.57. The van der Waals surface area contributed by atoms with Crippen molar-refractivity contribution in [3.8, 4) is 5.75 Å². The van der Waals surface area contributed by atoms with E-state index in [4.69, 9.17) is 4.74 Å². The Hall–Kier alpha value is -0.590. The highest BCUT2D eigenvalue weighted by Gasteiger charge is 2.34. The van der Waals surface area contributed by atoms with Gasteiger partial charge in [-0.3, -0.25) is 0 Å². The molecular weight excluding hydrogens is 342 g/mol. The molecule has 0 bridgehead atoms. The Kier molecular flexibility index (Phi) is 5.09. The molecule has 0 saturated heterocycles. The minimum atomic E-state index is -3.45. The number of nitrogens with one attached hydrogen (secondary N) is 1. The van der Waals surface area contributed by atoms with Crippen molar-refractivity contribution in [1.82, 2.24) is 4.72 Å². The highest BCUT2D eigenvalue weighted by molar-refractivity contribution is 9.09. The van der Waals surface area contributed by atoms with Gasteiger partial charge in [0.1, 0.15) is 5.75 Å². The number of rotatable bonds is 6. The van der Waals surface area contributed by atoms with Crippen molar-refractivity contribution in [2.75, 3.05) is 19.0 Å². The van der Waals surface area contributed by atoms with E-state index in [1.54, 1.807) is 31.4 Å². The van der Waals surface area contributed by atoms with Crippen molar-refractivity contribution >= 4 is 26.0 Å². The molecule has 1 aliphatic carbocycles. The maximum atomic E-state index is 12.3. The average Bonchev–Trinajstić information content (AvgIpc) is 2.95. The Bertz CT molecular complexity index is 536. The summed E-state index contributed by atoms with van der Waals surface area (Å²) < 4.78 is 32.3. The van der Waals surface area contributed by atoms with Crippen LogP contribution in [0.3, 0.4) is 0 Å². The molecule has 0 spiro atoms. The van der Waals surface area contributed by atoms with Gasteiger partial charge in [-0.15, -0.1) is 0 Å². The van der Waals surface area contributed by atoms with E-state index >= 15 is 0 Å². The van der Waals surface area contributed by atoms with Crippen molar-refractivity contribution in [2.45, 2.75) is 30.6 Å². The molecule has 20 heavy (non-hydrogen) atoms. The predicted octanol–water partition coefficient (Wildman–Crippen LogP) is 2.93. The van der Waals surface area contributed by atoms with Gasteiger partial charge in [-0.1, -0.05) is 28.8 Å². The zero-order valence-electron chi connectivity index (χ0n) is 11.6. The van der Waals surface area contributed by atoms with Gasteiger partial charge in [0.05, 0.1) is 12.0 Å². The third-order valence-electron chi connectivity index (χ3n) is 3.95. The van der Waals surface area contributed by atoms with E-state index in [9.17, 15) is 8.42 Å². The summed E-state index contributed by atoms with van der Waals surface area (Å²) in [5.41, 5.74) is 0.0690. The summed E-state index contributed by atoms with van der Waals surface area (Å²) in [6, 6.07) is 6.45. The zero-order chi connectivity index (χ0) is 14.6. The Morgan fingerprint density at radius 3 is 2.35 bits per heavy atom. The number of hydrogen-bond acceptors (Lipinski definition) is 3. The molecule has 4 nitrogen and oxygen atoms in total. The fraction of sp³-hybridized carbons (Fsp3) is 0.571. The van der Waals surface area contributed by atoms with E-state index in [0.717, 1.165) is 18.2 Å². The maximum absolute atomic E-state index is 12.3. The quantitative estimate of drug-likeness (QED) is 0.792. The van der Waals surface area contributed by atoms with Crippen LogP contribution in [0.15, 0.2) is 29.2 Å². The Morgan fingerprint density at radius 2 is 1.85 bits per heavy atom. The number of alkyl halides is 1. The zero-order valence-corrected chi connectivity index (χ0v) is 14.0. The number of halogens is 1. The maximum Gasteiger partial charge on any atom is 0.240 e. The van der Waals surface area contributed by atoms with Crippen LogP contribution in [0.1, 0.15) is 25.7 Å². The van der Waals surface area contributed by atoms with Crippen LogP contribution >= 0.6 is 15.9 Å². The van der Waals surface area contributed by atoms with Crippen molar-refractivity contribution in [3.05, 3.63) is 24.3 Å². The lowest BCUT2D eigenvalue weighted by Gasteiger charge is -2.26. The molecule has 6 heteroatoms. The number of hydrogen-bond donors (Lipinski definition) is 1. The molecule has 0 unspecified atom stereocenters. The highest BCUT2D eigenvalue weighted by Crippen LogP contribution is 2.39. The molecule has 1 aromatic carbocycles. The molecule has 0 aromatic heterocycles. The van der Waals surface area contributed by atoms with Gasteiger partial charge < -0.3 is 4.74 Å². The van der Waals surface area contributed by atoms with Crippen LogP contribution in [-0.2, 0) is 10.0 Å². The van der Waals surface area contributed by atoms with E-state index < -0.39 is 10.0 Å². The Balaban J connectivity index is 2.06. The van der Waals surface area contributed by atoms with E-state index in [0.29, 0.717) is 12.3 Å². The van der Waals surface area contributed by atoms with Gasteiger partial charge >= 0.3 is 0 Å². The van der Waals surface area contributed by atoms with Crippen LogP contribution in [0, 0.1) is 5.41 Å². The van der Waals surface area contributed by atoms with Crippen molar-refractivity contribution in [2.24, 2.45) is 5.41 Å². The Morgan fingerprint density at radius 1 is 1.25 bits per heavy atom. The second-order valence-corrected chi connectivity index (χ2v) is 7.67. The van der Waals surface area contributed by atoms with E-state index in [-0.39, 0.29) is 10.3 Å². The molecule has 0 amide bonds. The molecule has 0 atom stereocenters. The van der Waals surface area contributed by atoms with Gasteiger partial charge in [-0.25, -0.2) is 13.1 Å². The normalized spacial score (nSPS) is 18.1. The first-order valence-electron chi connectivity index (χ1n) is 6.71. The lowest BCUT2D eigenvalue weighted by molar-refractivity contribution is 0.347. The first-order valence-corrected chi connectivity index (χ1v) is 9.31. The van der Waals surface area contributed by atoms with Gasteiger partial charge in [-0.2, -0.15) is 0 Å². The molecule has 0 heterocycles. The van der Waals surface area contributed by atoms with Gasteiger partial charge in [-0.05, 0) is 42.5 Å². The first kappa shape index (κ1) is 15.8. The van der Waals surface area contributed by atoms with Gasteiger partial charge in [0, 0.05) is 11.9 Å². The van der Waals surface area contributed by atoms with Crippen LogP contribution in [0.25, 0.3) is 0 Å². The summed E-state index contributed by atoms with van der Waals surface area (Å²) in [6.07, 6.45) is 4.50. The summed E-state index contributed by atoms with van der Waals surface area (Å²) in [7, 11) is -1.89. The van der Waals surface area contributed by atoms with E-state index in [1.165, 1.54) is 12.8 Å². The van der Waals surface area contributed by atoms with E-state index in [1.807, 2.05) is 0 Å². The predicted molar refractivity (Wildman–Crippen MR) is 82.9 cm³/mol. The molecular formula is C14H20BrNO3S. The van der Waals surface area contributed by atoms with Gasteiger partial charge in [0.2, 0.25) is 10.0 Å². The van der Waals surface area contributed by atoms with E-state index in [2.05, 4.69) is 20.7 Å². The number of sulfonamides is 1. The topological polar surface area (TPSA) is 55.4 Å². The van der Waals surface area contributed by atoms with Crippen LogP contribution in [0.4, 0.5) is 0 Å². The molecule has 112 valence electrons. The average molecular weight is 362 g/mol. The SMILES string of the molecule is COc1ccc(S(=O)(=O)NCC2(CBr)CCCC2)cc1. The minimum Gasteiger partial charge on any atom is -0.497 e. The lowest BCUT2D eigenvalue weighted by Crippen LogP contribution is -2.37. The molecule has 1 fully saturated rings. The summed E-state index contributed by atoms with van der Waals surface area (Å²) in [5.74, 6) is 0.650. The molecule has 1 aromatic rings. The third-order valence-corrected chi connectivity index (χ3v) is 6.56. The minimum absolute atomic E-state index is 0.0690. The largest absolute Gasteiger partial charge is 0.497 e. The lowest BCUT2D eigenvalue weighted by atomic mass is 9.89. The molecule has 1 N–H and O–H groups in total. The smallest absolute Gasteiger partial charge is 0.240 e.